The van der Waals surface area contributed by atoms with E-state index in [4.69, 9.17) is 4.74 Å². The van der Waals surface area contributed by atoms with Crippen molar-refractivity contribution in [3.63, 3.8) is 0 Å². The molecule has 0 unspecified atom stereocenters. The number of hydrogen-bond donors (Lipinski definition) is 1. The number of nitrogens with zero attached hydrogens (tertiary/aromatic N) is 2. The smallest absolute Gasteiger partial charge is 0.243 e. The maximum atomic E-state index is 12.9. The van der Waals surface area contributed by atoms with Crippen LogP contribution in [0.25, 0.3) is 0 Å². The van der Waals surface area contributed by atoms with Crippen molar-refractivity contribution in [1.29, 1.82) is 0 Å². The molecule has 3 aromatic carbocycles. The van der Waals surface area contributed by atoms with Gasteiger partial charge in [-0.3, -0.25) is 9.10 Å². The lowest BCUT2D eigenvalue weighted by Crippen LogP contribution is -2.47. The van der Waals surface area contributed by atoms with Gasteiger partial charge in [-0.1, -0.05) is 30.3 Å². The Bertz CT molecular complexity index is 1190. The van der Waals surface area contributed by atoms with Gasteiger partial charge >= 0.3 is 0 Å². The summed E-state index contributed by atoms with van der Waals surface area (Å²) in [4.78, 5) is 15.1. The van der Waals surface area contributed by atoms with E-state index in [0.29, 0.717) is 23.7 Å². The molecule has 3 aromatic rings. The topological polar surface area (TPSA) is 79.0 Å². The van der Waals surface area contributed by atoms with Gasteiger partial charge in [0, 0.05) is 25.3 Å². The summed E-state index contributed by atoms with van der Waals surface area (Å²) in [6.45, 7) is 7.94. The molecule has 0 aliphatic carbocycles. The Kier molecular flexibility index (Phi) is 8.76. The van der Waals surface area contributed by atoms with Crippen LogP contribution in [0.3, 0.4) is 0 Å². The third kappa shape index (κ3) is 6.99. The van der Waals surface area contributed by atoms with Crippen LogP contribution in [0.4, 0.5) is 11.4 Å². The zero-order valence-corrected chi connectivity index (χ0v) is 21.5. The Balaban J connectivity index is 1.68. The highest BCUT2D eigenvalue weighted by Crippen LogP contribution is 2.27. The van der Waals surface area contributed by atoms with Crippen LogP contribution in [0.1, 0.15) is 26.3 Å². The minimum Gasteiger partial charge on any atom is -0.457 e. The average Bonchev–Trinajstić information content (AvgIpc) is 2.85. The molecule has 1 N–H and O–H groups in total. The summed E-state index contributed by atoms with van der Waals surface area (Å²) in [5, 5.41) is 2.86. The van der Waals surface area contributed by atoms with Gasteiger partial charge in [-0.25, -0.2) is 8.42 Å². The molecule has 0 heterocycles. The zero-order chi connectivity index (χ0) is 25.4. The summed E-state index contributed by atoms with van der Waals surface area (Å²) in [5.41, 5.74) is 2.45. The Hall–Kier alpha value is -3.52. The fourth-order valence-corrected chi connectivity index (χ4v) is 5.02. The molecule has 0 saturated heterocycles. The van der Waals surface area contributed by atoms with Gasteiger partial charge in [-0.2, -0.15) is 0 Å². The minimum atomic E-state index is -3.71. The number of amides is 1. The summed E-state index contributed by atoms with van der Waals surface area (Å²) in [6.07, 6.45) is 1.09. The van der Waals surface area contributed by atoms with E-state index in [1.54, 1.807) is 31.2 Å². The van der Waals surface area contributed by atoms with Gasteiger partial charge in [0.05, 0.1) is 11.9 Å². The normalized spacial score (nSPS) is 12.0. The molecular formula is C27H33N3O4S. The number of ether oxygens (including phenoxy) is 1. The number of para-hydroxylation sites is 1. The number of carbonyl (C=O) groups is 1. The highest BCUT2D eigenvalue weighted by atomic mass is 32.2. The van der Waals surface area contributed by atoms with Crippen molar-refractivity contribution in [2.24, 2.45) is 0 Å². The SMILES string of the molecule is CCN(CC)c1ccc(CNC(=O)[C@@H](C)N(c2ccc(Oc3ccccc3)cc2)S(C)(=O)=O)cc1. The van der Waals surface area contributed by atoms with Crippen molar-refractivity contribution >= 4 is 27.3 Å². The van der Waals surface area contributed by atoms with Gasteiger partial charge in [-0.15, -0.1) is 0 Å². The molecule has 0 aliphatic rings. The number of hydrogen-bond acceptors (Lipinski definition) is 5. The van der Waals surface area contributed by atoms with Crippen LogP contribution in [0, 0.1) is 0 Å². The van der Waals surface area contributed by atoms with E-state index in [9.17, 15) is 13.2 Å². The molecule has 0 saturated carbocycles. The van der Waals surface area contributed by atoms with Crippen LogP contribution in [-0.2, 0) is 21.4 Å². The van der Waals surface area contributed by atoms with Crippen molar-refractivity contribution in [1.82, 2.24) is 5.32 Å². The van der Waals surface area contributed by atoms with Crippen LogP contribution in [0.5, 0.6) is 11.5 Å². The van der Waals surface area contributed by atoms with Crippen molar-refractivity contribution < 1.29 is 17.9 Å². The van der Waals surface area contributed by atoms with E-state index < -0.39 is 16.1 Å². The number of rotatable bonds is 11. The lowest BCUT2D eigenvalue weighted by atomic mass is 10.2. The quantitative estimate of drug-likeness (QED) is 0.414. The highest BCUT2D eigenvalue weighted by molar-refractivity contribution is 7.92. The van der Waals surface area contributed by atoms with Gasteiger partial charge in [0.2, 0.25) is 15.9 Å². The first-order valence-electron chi connectivity index (χ1n) is 11.7. The van der Waals surface area contributed by atoms with Crippen LogP contribution in [-0.4, -0.2) is 39.7 Å². The van der Waals surface area contributed by atoms with Gasteiger partial charge < -0.3 is 15.0 Å². The van der Waals surface area contributed by atoms with Crippen LogP contribution >= 0.6 is 0 Å². The highest BCUT2D eigenvalue weighted by Gasteiger charge is 2.29. The van der Waals surface area contributed by atoms with Crippen LogP contribution < -0.4 is 19.3 Å². The van der Waals surface area contributed by atoms with Gasteiger partial charge in [0.25, 0.3) is 0 Å². The second-order valence-corrected chi connectivity index (χ2v) is 10.1. The van der Waals surface area contributed by atoms with Crippen molar-refractivity contribution in [3.05, 3.63) is 84.4 Å². The molecule has 3 rings (SSSR count). The second-order valence-electron chi connectivity index (χ2n) is 8.20. The summed E-state index contributed by atoms with van der Waals surface area (Å²) in [6, 6.07) is 23.0. The van der Waals surface area contributed by atoms with Gasteiger partial charge in [0.15, 0.2) is 0 Å². The number of anilines is 2. The molecule has 0 bridgehead atoms. The fourth-order valence-electron chi connectivity index (χ4n) is 3.84. The molecule has 0 fully saturated rings. The fraction of sp³-hybridized carbons (Fsp3) is 0.296. The third-order valence-electron chi connectivity index (χ3n) is 5.69. The van der Waals surface area contributed by atoms with Gasteiger partial charge in [0.1, 0.15) is 17.5 Å². The zero-order valence-electron chi connectivity index (χ0n) is 20.6. The predicted octanol–water partition coefficient (Wildman–Crippen LogP) is 4.80. The molecule has 1 amide bonds. The first-order valence-corrected chi connectivity index (χ1v) is 13.5. The van der Waals surface area contributed by atoms with E-state index >= 15 is 0 Å². The lowest BCUT2D eigenvalue weighted by Gasteiger charge is -2.28. The van der Waals surface area contributed by atoms with E-state index in [1.807, 2.05) is 54.6 Å². The van der Waals surface area contributed by atoms with Crippen LogP contribution in [0.15, 0.2) is 78.9 Å². The summed E-state index contributed by atoms with van der Waals surface area (Å²) in [5.74, 6) is 0.865. The van der Waals surface area contributed by atoms with Gasteiger partial charge in [-0.05, 0) is 74.9 Å². The molecule has 8 heteroatoms. The van der Waals surface area contributed by atoms with Crippen molar-refractivity contribution in [2.45, 2.75) is 33.4 Å². The van der Waals surface area contributed by atoms with Crippen molar-refractivity contribution in [2.75, 3.05) is 28.6 Å². The molecule has 0 aromatic heterocycles. The monoisotopic (exact) mass is 495 g/mol. The first kappa shape index (κ1) is 26.1. The van der Waals surface area contributed by atoms with E-state index in [-0.39, 0.29) is 5.91 Å². The summed E-state index contributed by atoms with van der Waals surface area (Å²) < 4.78 is 32.1. The Morgan fingerprint density at radius 1 is 0.857 bits per heavy atom. The number of benzene rings is 3. The molecule has 1 atom stereocenters. The van der Waals surface area contributed by atoms with E-state index in [0.717, 1.165) is 34.9 Å². The largest absolute Gasteiger partial charge is 0.457 e. The first-order chi connectivity index (χ1) is 16.7. The van der Waals surface area contributed by atoms with Crippen LogP contribution in [0.2, 0.25) is 0 Å². The second kappa shape index (κ2) is 11.8. The lowest BCUT2D eigenvalue weighted by molar-refractivity contribution is -0.122. The van der Waals surface area contributed by atoms with E-state index in [2.05, 4.69) is 24.1 Å². The number of nitrogens with one attached hydrogen (secondary N) is 1. The van der Waals surface area contributed by atoms with Crippen molar-refractivity contribution in [3.8, 4) is 11.5 Å². The Morgan fingerprint density at radius 2 is 1.40 bits per heavy atom. The molecule has 0 spiro atoms. The number of sulfonamides is 1. The Morgan fingerprint density at radius 3 is 1.94 bits per heavy atom. The summed E-state index contributed by atoms with van der Waals surface area (Å²) >= 11 is 0. The maximum absolute atomic E-state index is 12.9. The Labute approximate surface area is 208 Å². The minimum absolute atomic E-state index is 0.309. The average molecular weight is 496 g/mol. The molecule has 35 heavy (non-hydrogen) atoms. The predicted molar refractivity (Wildman–Crippen MR) is 142 cm³/mol. The molecule has 186 valence electrons. The number of carbonyl (C=O) groups excluding carboxylic acids is 1. The maximum Gasteiger partial charge on any atom is 0.243 e. The molecule has 0 radical (unpaired) electrons. The molecule has 7 nitrogen and oxygen atoms in total. The third-order valence-corrected chi connectivity index (χ3v) is 6.93. The molecular weight excluding hydrogens is 462 g/mol. The summed E-state index contributed by atoms with van der Waals surface area (Å²) in [7, 11) is -3.71. The van der Waals surface area contributed by atoms with E-state index in [1.165, 1.54) is 0 Å². The molecule has 0 aliphatic heterocycles. The standard InChI is InChI=1S/C27H33N3O4S/c1-5-29(6-2)23-14-12-22(13-15-23)20-28-27(31)21(3)30(35(4,32)33)24-16-18-26(19-17-24)34-25-10-8-7-9-11-25/h7-19,21H,5-6,20H2,1-4H3,(H,28,31)/t21-/m1/s1.